The summed E-state index contributed by atoms with van der Waals surface area (Å²) >= 11 is 3.78. The number of carbonyl (C=O) groups excluding carboxylic acids is 2. The Morgan fingerprint density at radius 1 is 1.04 bits per heavy atom. The molecular weight excluding hydrogens is 332 g/mol. The molecule has 0 heterocycles. The zero-order chi connectivity index (χ0) is 17.1. The summed E-state index contributed by atoms with van der Waals surface area (Å²) in [5.74, 6) is 1.47. The lowest BCUT2D eigenvalue weighted by Gasteiger charge is -2.16. The van der Waals surface area contributed by atoms with Gasteiger partial charge in [0.15, 0.2) is 0 Å². The van der Waals surface area contributed by atoms with Crippen LogP contribution in [0.4, 0.5) is 0 Å². The van der Waals surface area contributed by atoms with Gasteiger partial charge in [0.25, 0.3) is 0 Å². The van der Waals surface area contributed by atoms with E-state index >= 15 is 0 Å². The van der Waals surface area contributed by atoms with E-state index in [2.05, 4.69) is 13.8 Å². The van der Waals surface area contributed by atoms with Crippen molar-refractivity contribution < 1.29 is 19.1 Å². The molecule has 0 radical (unpaired) electrons. The summed E-state index contributed by atoms with van der Waals surface area (Å²) in [7, 11) is 0. The van der Waals surface area contributed by atoms with Crippen LogP contribution in [0.1, 0.15) is 32.8 Å². The molecule has 0 saturated heterocycles. The largest absolute Gasteiger partial charge is 0.466 e. The normalized spacial score (nSPS) is 10.6. The Bertz CT molecular complexity index is 499. The lowest BCUT2D eigenvalue weighted by molar-refractivity contribution is -0.149. The quantitative estimate of drug-likeness (QED) is 0.274. The maximum atomic E-state index is 11.9. The van der Waals surface area contributed by atoms with E-state index in [-0.39, 0.29) is 13.0 Å². The van der Waals surface area contributed by atoms with Crippen LogP contribution in [0.25, 0.3) is 0 Å². The molecule has 0 spiro atoms. The van der Waals surface area contributed by atoms with Crippen molar-refractivity contribution in [2.45, 2.75) is 38.2 Å². The Hall–Kier alpha value is -1.14. The van der Waals surface area contributed by atoms with Crippen LogP contribution in [-0.2, 0) is 20.7 Å². The number of rotatable bonds is 10. The van der Waals surface area contributed by atoms with Gasteiger partial charge in [0.05, 0.1) is 11.2 Å². The van der Waals surface area contributed by atoms with Crippen molar-refractivity contribution in [1.82, 2.24) is 0 Å². The van der Waals surface area contributed by atoms with Gasteiger partial charge in [-0.1, -0.05) is 32.0 Å². The van der Waals surface area contributed by atoms with E-state index in [1.807, 2.05) is 41.7 Å². The van der Waals surface area contributed by atoms with E-state index in [9.17, 15) is 9.59 Å². The van der Waals surface area contributed by atoms with Crippen molar-refractivity contribution in [3.63, 3.8) is 0 Å². The fourth-order valence-electron chi connectivity index (χ4n) is 1.98. The van der Waals surface area contributed by atoms with Crippen LogP contribution in [0.15, 0.2) is 24.3 Å². The molecule has 23 heavy (non-hydrogen) atoms. The van der Waals surface area contributed by atoms with E-state index in [1.54, 1.807) is 13.0 Å². The highest BCUT2D eigenvalue weighted by Crippen LogP contribution is 2.30. The maximum absolute atomic E-state index is 11.9. The number of carbonyl (C=O) groups is 2. The number of esters is 2. The minimum Gasteiger partial charge on any atom is -0.466 e. The lowest BCUT2D eigenvalue weighted by atomic mass is 10.1. The van der Waals surface area contributed by atoms with E-state index < -0.39 is 11.9 Å². The number of hydrogen-bond donors (Lipinski definition) is 0. The lowest BCUT2D eigenvalue weighted by Crippen LogP contribution is -2.17. The van der Waals surface area contributed by atoms with E-state index in [1.165, 1.54) is 0 Å². The van der Waals surface area contributed by atoms with Crippen LogP contribution >= 0.6 is 23.5 Å². The summed E-state index contributed by atoms with van der Waals surface area (Å²) < 4.78 is 10.5. The molecule has 0 amide bonds. The van der Waals surface area contributed by atoms with Crippen LogP contribution in [0.5, 0.6) is 5.75 Å². The summed E-state index contributed by atoms with van der Waals surface area (Å²) in [4.78, 5) is 23.2. The second kappa shape index (κ2) is 11.4. The third kappa shape index (κ3) is 7.79. The third-order valence-corrected chi connectivity index (χ3v) is 5.44. The second-order valence-corrected chi connectivity index (χ2v) is 7.87. The fourth-order valence-corrected chi connectivity index (χ4v) is 4.52. The van der Waals surface area contributed by atoms with Gasteiger partial charge in [0.1, 0.15) is 12.2 Å². The van der Waals surface area contributed by atoms with E-state index in [0.717, 1.165) is 23.5 Å². The number of para-hydroxylation sites is 1. The standard InChI is InChI=1S/C17H24O4S2/c1-4-20-15(18)12-16(19)21-14-10-8-7-9-13(14)11-17(22-5-2)23-6-3/h7-10,17H,4-6,11-12H2,1-3H3. The molecule has 0 bridgehead atoms. The summed E-state index contributed by atoms with van der Waals surface area (Å²) in [6, 6.07) is 7.49. The van der Waals surface area contributed by atoms with Gasteiger partial charge in [-0.25, -0.2) is 0 Å². The zero-order valence-corrected chi connectivity index (χ0v) is 15.5. The first-order chi connectivity index (χ1) is 11.1. The molecule has 0 aromatic heterocycles. The minimum atomic E-state index is -0.585. The second-order valence-electron chi connectivity index (χ2n) is 4.61. The molecule has 0 aliphatic carbocycles. The molecule has 1 aromatic rings. The molecule has 0 N–H and O–H groups in total. The molecule has 0 aliphatic rings. The third-order valence-electron chi connectivity index (χ3n) is 2.88. The smallest absolute Gasteiger partial charge is 0.322 e. The van der Waals surface area contributed by atoms with Crippen LogP contribution in [0, 0.1) is 0 Å². The molecule has 1 rings (SSSR count). The number of hydrogen-bond acceptors (Lipinski definition) is 6. The van der Waals surface area contributed by atoms with Gasteiger partial charge in [-0.05, 0) is 36.5 Å². The molecule has 128 valence electrons. The average Bonchev–Trinajstić information content (AvgIpc) is 2.49. The monoisotopic (exact) mass is 356 g/mol. The van der Waals surface area contributed by atoms with Crippen molar-refractivity contribution in [3.8, 4) is 5.75 Å². The fraction of sp³-hybridized carbons (Fsp3) is 0.529. The molecule has 4 nitrogen and oxygen atoms in total. The first kappa shape index (κ1) is 19.9. The van der Waals surface area contributed by atoms with Crippen LogP contribution in [0.2, 0.25) is 0 Å². The predicted molar refractivity (Wildman–Crippen MR) is 97.1 cm³/mol. The Kier molecular flexibility index (Phi) is 9.87. The first-order valence-electron chi connectivity index (χ1n) is 7.78. The number of thioether (sulfide) groups is 2. The van der Waals surface area contributed by atoms with Gasteiger partial charge in [-0.3, -0.25) is 9.59 Å². The number of ether oxygens (including phenoxy) is 2. The molecule has 0 atom stereocenters. The first-order valence-corrected chi connectivity index (χ1v) is 9.87. The Labute approximate surface area is 146 Å². The maximum Gasteiger partial charge on any atom is 0.322 e. The van der Waals surface area contributed by atoms with Crippen molar-refractivity contribution in [2.75, 3.05) is 18.1 Å². The Balaban J connectivity index is 2.72. The van der Waals surface area contributed by atoms with Gasteiger partial charge >= 0.3 is 11.9 Å². The zero-order valence-electron chi connectivity index (χ0n) is 13.9. The minimum absolute atomic E-state index is 0.257. The summed E-state index contributed by atoms with van der Waals surface area (Å²) in [6.07, 6.45) is 0.457. The van der Waals surface area contributed by atoms with Gasteiger partial charge in [-0.15, -0.1) is 23.5 Å². The molecule has 1 aromatic carbocycles. The van der Waals surface area contributed by atoms with Crippen LogP contribution < -0.4 is 4.74 Å². The SMILES string of the molecule is CCOC(=O)CC(=O)Oc1ccccc1CC(SCC)SCC. The molecule has 6 heteroatoms. The average molecular weight is 357 g/mol. The van der Waals surface area contributed by atoms with Crippen LogP contribution in [0.3, 0.4) is 0 Å². The highest BCUT2D eigenvalue weighted by Gasteiger charge is 2.17. The van der Waals surface area contributed by atoms with Crippen molar-refractivity contribution >= 4 is 35.5 Å². The molecule has 0 fully saturated rings. The predicted octanol–water partition coefficient (Wildman–Crippen LogP) is 3.92. The molecule has 0 saturated carbocycles. The van der Waals surface area contributed by atoms with E-state index in [0.29, 0.717) is 10.3 Å². The van der Waals surface area contributed by atoms with Crippen molar-refractivity contribution in [3.05, 3.63) is 29.8 Å². The van der Waals surface area contributed by atoms with Crippen molar-refractivity contribution in [1.29, 1.82) is 0 Å². The summed E-state index contributed by atoms with van der Waals surface area (Å²) in [5, 5.41) is 0. The van der Waals surface area contributed by atoms with Gasteiger partial charge in [-0.2, -0.15) is 0 Å². The summed E-state index contributed by atoms with van der Waals surface area (Å²) in [6.45, 7) is 6.24. The summed E-state index contributed by atoms with van der Waals surface area (Å²) in [5.41, 5.74) is 0.983. The molecule has 0 aliphatic heterocycles. The topological polar surface area (TPSA) is 52.6 Å². The van der Waals surface area contributed by atoms with Gasteiger partial charge in [0.2, 0.25) is 0 Å². The van der Waals surface area contributed by atoms with E-state index in [4.69, 9.17) is 9.47 Å². The van der Waals surface area contributed by atoms with Crippen molar-refractivity contribution in [2.24, 2.45) is 0 Å². The van der Waals surface area contributed by atoms with Gasteiger partial charge < -0.3 is 9.47 Å². The molecular formula is C17H24O4S2. The Morgan fingerprint density at radius 2 is 1.70 bits per heavy atom. The molecule has 0 unspecified atom stereocenters. The highest BCUT2D eigenvalue weighted by molar-refractivity contribution is 8.16. The Morgan fingerprint density at radius 3 is 2.30 bits per heavy atom. The number of benzene rings is 1. The van der Waals surface area contributed by atoms with Crippen LogP contribution in [-0.4, -0.2) is 34.6 Å². The highest BCUT2D eigenvalue weighted by atomic mass is 32.2. The van der Waals surface area contributed by atoms with Gasteiger partial charge in [0, 0.05) is 0 Å².